The van der Waals surface area contributed by atoms with E-state index in [-0.39, 0.29) is 35.2 Å². The summed E-state index contributed by atoms with van der Waals surface area (Å²) in [4.78, 5) is 106. The van der Waals surface area contributed by atoms with Crippen molar-refractivity contribution < 1.29 is 57.6 Å². The van der Waals surface area contributed by atoms with Crippen molar-refractivity contribution in [1.82, 2.24) is 40.2 Å². The van der Waals surface area contributed by atoms with Gasteiger partial charge in [-0.15, -0.1) is 57.2 Å². The number of nitrogens with zero attached hydrogens (tertiary/aromatic N) is 7. The fourth-order valence-electron chi connectivity index (χ4n) is 8.51. The fraction of sp³-hybridized carbons (Fsp3) is 0.208. The zero-order valence-electron chi connectivity index (χ0n) is 60.0. The van der Waals surface area contributed by atoms with Crippen LogP contribution >= 0.6 is 116 Å². The first-order valence-corrected chi connectivity index (χ1v) is 37.9. The number of nitrogens with one attached hydrogen (secondary N) is 1. The van der Waals surface area contributed by atoms with Gasteiger partial charge in [-0.1, -0.05) is 119 Å². The van der Waals surface area contributed by atoms with E-state index in [9.17, 15) is 33.6 Å². The Morgan fingerprint density at radius 1 is 0.541 bits per heavy atom. The average Bonchev–Trinajstić information content (AvgIpc) is 1.44. The topological polar surface area (TPSA) is 331 Å². The summed E-state index contributed by atoms with van der Waals surface area (Å²) in [5.74, 6) is -2.54. The van der Waals surface area contributed by atoms with E-state index >= 15 is 0 Å². The number of benzene rings is 4. The minimum Gasteiger partial charge on any atom is -0.477 e. The zero-order chi connectivity index (χ0) is 80.4. The molecule has 0 aliphatic carbocycles. The summed E-state index contributed by atoms with van der Waals surface area (Å²) in [5, 5.41) is 15.3. The molecule has 4 aromatic carbocycles. The number of carbonyl (C=O) groups is 7. The quantitative estimate of drug-likeness (QED) is 0.0137. The summed E-state index contributed by atoms with van der Waals surface area (Å²) in [6, 6.07) is 41.2. The van der Waals surface area contributed by atoms with Gasteiger partial charge < -0.3 is 45.6 Å². The van der Waals surface area contributed by atoms with Crippen LogP contribution in [0.15, 0.2) is 177 Å². The van der Waals surface area contributed by atoms with Gasteiger partial charge in [0.25, 0.3) is 12.4 Å². The molecule has 0 saturated carbocycles. The van der Waals surface area contributed by atoms with E-state index in [2.05, 4.69) is 67.4 Å². The second kappa shape index (κ2) is 50.2. The third kappa shape index (κ3) is 33.5. The number of alkyl halides is 2. The van der Waals surface area contributed by atoms with Crippen molar-refractivity contribution in [3.63, 3.8) is 0 Å². The zero-order valence-corrected chi connectivity index (χ0v) is 67.9. The fourth-order valence-corrected chi connectivity index (χ4v) is 11.9. The summed E-state index contributed by atoms with van der Waals surface area (Å²) >= 11 is 42.2. The normalized spacial score (nSPS) is 10.2. The smallest absolute Gasteiger partial charge is 0.349 e. The molecule has 0 aliphatic heterocycles. The van der Waals surface area contributed by atoms with Gasteiger partial charge in [-0.25, -0.2) is 29.3 Å². The van der Waals surface area contributed by atoms with E-state index < -0.39 is 17.3 Å². The van der Waals surface area contributed by atoms with Crippen molar-refractivity contribution in [2.75, 3.05) is 32.3 Å². The van der Waals surface area contributed by atoms with Gasteiger partial charge in [-0.05, 0) is 150 Å². The molecule has 1 amide bonds. The lowest BCUT2D eigenvalue weighted by molar-refractivity contribution is -0.143. The van der Waals surface area contributed by atoms with E-state index in [4.69, 9.17) is 103 Å². The molecule has 0 bridgehead atoms. The monoisotopic (exact) mass is 1670 g/mol. The van der Waals surface area contributed by atoms with Gasteiger partial charge in [0.1, 0.15) is 46.8 Å². The van der Waals surface area contributed by atoms with Crippen molar-refractivity contribution >= 4 is 163 Å². The predicted octanol–water partition coefficient (Wildman–Crippen LogP) is 17.8. The Labute approximate surface area is 678 Å². The number of halogens is 6. The number of aromatic carboxylic acids is 1. The molecule has 1 unspecified atom stereocenters. The summed E-state index contributed by atoms with van der Waals surface area (Å²) < 4.78 is 17.9. The minimum atomic E-state index is -1.15. The molecule has 1 atom stereocenters. The number of rotatable bonds is 20. The first-order valence-electron chi connectivity index (χ1n) is 32.6. The van der Waals surface area contributed by atoms with Crippen molar-refractivity contribution in [2.45, 2.75) is 73.9 Å². The molecule has 6 N–H and O–H groups in total. The summed E-state index contributed by atoms with van der Waals surface area (Å²) in [7, 11) is 0. The molecule has 0 saturated heterocycles. The number of esters is 3. The highest BCUT2D eigenvalue weighted by Crippen LogP contribution is 2.31. The average molecular weight is 1670 g/mol. The summed E-state index contributed by atoms with van der Waals surface area (Å²) in [6.45, 7) is 17.8. The second-order valence-corrected chi connectivity index (χ2v) is 27.6. The molecule has 11 rings (SSSR count). The first kappa shape index (κ1) is 91.8. The molecular formula is C77H76Cl6N10O12S4. The predicted molar refractivity (Wildman–Crippen MR) is 438 cm³/mol. The molecule has 7 heterocycles. The highest BCUT2D eigenvalue weighted by molar-refractivity contribution is 7.80. The Morgan fingerprint density at radius 2 is 0.982 bits per heavy atom. The van der Waals surface area contributed by atoms with Crippen LogP contribution in [-0.4, -0.2) is 125 Å². The molecule has 0 aliphatic rings. The molecule has 11 aromatic rings. The van der Waals surface area contributed by atoms with E-state index in [0.29, 0.717) is 85.5 Å². The number of thiazole rings is 3. The number of aryl methyl sites for hydroxylation is 4. The van der Waals surface area contributed by atoms with Crippen LogP contribution < -0.4 is 16.8 Å². The van der Waals surface area contributed by atoms with Crippen LogP contribution in [0.4, 0.5) is 0 Å². The van der Waals surface area contributed by atoms with Crippen molar-refractivity contribution in [3.8, 4) is 54.2 Å². The third-order valence-electron chi connectivity index (χ3n) is 13.3. The number of carboxylic acid groups (broad SMARTS) is 1. The van der Waals surface area contributed by atoms with Crippen LogP contribution in [0.2, 0.25) is 20.1 Å². The first-order chi connectivity index (χ1) is 52.2. The van der Waals surface area contributed by atoms with Gasteiger partial charge in [0.05, 0.1) is 56.4 Å². The van der Waals surface area contributed by atoms with Crippen LogP contribution in [0.25, 0.3) is 54.2 Å². The third-order valence-corrected chi connectivity index (χ3v) is 18.1. The second-order valence-electron chi connectivity index (χ2n) is 21.6. The van der Waals surface area contributed by atoms with Gasteiger partial charge in [0.15, 0.2) is 5.38 Å². The number of ether oxygens (including phenoxy) is 4. The Hall–Kier alpha value is -9.55. The number of pyridine rings is 4. The van der Waals surface area contributed by atoms with Gasteiger partial charge >= 0.3 is 23.9 Å². The Bertz CT molecular complexity index is 4780. The molecule has 0 spiro atoms. The Morgan fingerprint density at radius 3 is 1.35 bits per heavy atom. The lowest BCUT2D eigenvalue weighted by Crippen LogP contribution is -2.22. The number of aromatic nitrogens is 7. The summed E-state index contributed by atoms with van der Waals surface area (Å²) in [5.41, 5.74) is 24.6. The van der Waals surface area contributed by atoms with Gasteiger partial charge in [0.2, 0.25) is 0 Å². The molecule has 7 aromatic heterocycles. The molecule has 0 radical (unpaired) electrons. The van der Waals surface area contributed by atoms with Crippen LogP contribution in [0, 0.1) is 27.7 Å². The van der Waals surface area contributed by atoms with Crippen molar-refractivity contribution in [1.29, 1.82) is 0 Å². The van der Waals surface area contributed by atoms with Gasteiger partial charge in [-0.3, -0.25) is 34.3 Å². The minimum absolute atomic E-state index is 0.0478. The van der Waals surface area contributed by atoms with E-state index in [0.717, 1.165) is 99.8 Å². The maximum atomic E-state index is 12.5. The van der Waals surface area contributed by atoms with E-state index in [1.54, 1.807) is 82.7 Å². The van der Waals surface area contributed by atoms with Crippen LogP contribution in [0.5, 0.6) is 0 Å². The van der Waals surface area contributed by atoms with Crippen molar-refractivity contribution in [3.05, 3.63) is 251 Å². The Kier molecular flexibility index (Phi) is 42.3. The highest BCUT2D eigenvalue weighted by Gasteiger charge is 2.17. The maximum absolute atomic E-state index is 12.5. The number of hydrogen-bond acceptors (Lipinski definition) is 23. The van der Waals surface area contributed by atoms with E-state index in [1.165, 1.54) is 35.1 Å². The number of aldehydes is 1. The number of carboxylic acids is 1. The molecule has 32 heteroatoms. The van der Waals surface area contributed by atoms with Crippen molar-refractivity contribution in [2.24, 2.45) is 11.5 Å². The lowest BCUT2D eigenvalue weighted by atomic mass is 10.1. The molecular weight excluding hydrogens is 1600 g/mol. The number of thiocarbonyl (C=S) groups is 1. The number of carbonyl (C=O) groups excluding carboxylic acids is 6. The molecule has 22 nitrogen and oxygen atoms in total. The molecule has 0 fully saturated rings. The largest absolute Gasteiger partial charge is 0.477 e. The van der Waals surface area contributed by atoms with Gasteiger partial charge in [-0.2, -0.15) is 0 Å². The van der Waals surface area contributed by atoms with Gasteiger partial charge in [0, 0.05) is 103 Å². The van der Waals surface area contributed by atoms with Crippen LogP contribution in [0.1, 0.15) is 95.9 Å². The molecule has 572 valence electrons. The van der Waals surface area contributed by atoms with Crippen LogP contribution in [-0.2, 0) is 51.2 Å². The van der Waals surface area contributed by atoms with Crippen LogP contribution in [0.3, 0.4) is 0 Å². The summed E-state index contributed by atoms with van der Waals surface area (Å²) in [6.07, 6.45) is 12.0. The Balaban J connectivity index is 0.000000279. The standard InChI is InChI=1S/C23H19ClN4OS.C13H15N3.C12H10ClNO2S.C10H6ClNO2S.C7H6ClNS.C5H7ClO3.C4H7ClO2.C3H6O2/c1-14-8-16(11-26-21(14)17-6-7-25-15(2)9-17)12-27-22(29)20-13-28-23(30-20)18-4-3-5-19(24)10-18;1-9-5-11(7-14)8-16-13(9)12-3-4-15-10(2)6-12;1-2-16-12(15)10-7-14-11(17-10)8-4-3-5-9(13)6-8;11-7-3-1-2-6(4-7)9-12-5-8(15-9)10(13)14;8-6-3-1-2-5(4-6)7(9)10;1-2-9-5(8)4(6)3-7;1-2-7-4(6)3-5;1-2-5-3-4/h3-11,13H,12H2,1-2H3,(H,27,29);3-6,8H,7,14H2,1-2H3;3-7H,2H2,1H3;1-5H,(H,13,14);1-4H,(H2,9,10);3-4H,2H2,1H3;2-3H2,1H3;3H,2H2,1H3. The molecule has 109 heavy (non-hydrogen) atoms. The number of amides is 1. The van der Waals surface area contributed by atoms with E-state index in [1.807, 2.05) is 124 Å². The number of nitrogens with two attached hydrogens (primary N) is 2. The highest BCUT2D eigenvalue weighted by atomic mass is 35.5. The lowest BCUT2D eigenvalue weighted by Gasteiger charge is -2.09. The number of hydrogen-bond donors (Lipinski definition) is 4. The maximum Gasteiger partial charge on any atom is 0.349 e. The SMILES string of the molecule is CCOC(=O)C(Cl)C=O.CCOC(=O)CCl.CCOC(=O)c1cnc(-c2cccc(Cl)c2)s1.CCOC=O.Cc1cc(-c2ncc(CN)cc2C)ccn1.Cc1cc(-c2ncc(CNC(=O)c3cnc(-c4cccc(Cl)c4)s3)cc2C)ccn1.NC(=S)c1cccc(Cl)c1.O=C(O)c1cnc(-c2cccc(Cl)c2)s1.